The molecule has 0 nitrogen and oxygen atoms in total. The van der Waals surface area contributed by atoms with Gasteiger partial charge in [0.25, 0.3) is 0 Å². The van der Waals surface area contributed by atoms with Gasteiger partial charge in [0, 0.05) is 5.56 Å². The van der Waals surface area contributed by atoms with E-state index in [9.17, 15) is 4.39 Å². The number of hydrogen-bond acceptors (Lipinski definition) is 0. The van der Waals surface area contributed by atoms with E-state index in [2.05, 4.69) is 12.8 Å². The topological polar surface area (TPSA) is 0 Å². The third kappa shape index (κ3) is 6.43. The van der Waals surface area contributed by atoms with Crippen molar-refractivity contribution >= 4 is 0 Å². The van der Waals surface area contributed by atoms with Crippen LogP contribution in [0.4, 0.5) is 4.39 Å². The number of aryl methyl sites for hydroxylation is 1. The average molecular weight is 260 g/mol. The Hall–Kier alpha value is -1.29. The summed E-state index contributed by atoms with van der Waals surface area (Å²) in [5.74, 6) is 2.30. The molecule has 0 unspecified atom stereocenters. The fourth-order valence-electron chi connectivity index (χ4n) is 2.29. The molecule has 0 heterocycles. The molecule has 0 aliphatic carbocycles. The number of benzene rings is 1. The Kier molecular flexibility index (Phi) is 7.98. The molecule has 0 spiro atoms. The van der Waals surface area contributed by atoms with Gasteiger partial charge in [0.15, 0.2) is 0 Å². The summed E-state index contributed by atoms with van der Waals surface area (Å²) >= 11 is 0. The van der Waals surface area contributed by atoms with E-state index in [1.807, 2.05) is 12.1 Å². The number of hydrogen-bond donors (Lipinski definition) is 0. The quantitative estimate of drug-likeness (QED) is 0.407. The lowest BCUT2D eigenvalue weighted by Crippen LogP contribution is -1.92. The molecule has 0 saturated heterocycles. The van der Waals surface area contributed by atoms with Crippen LogP contribution >= 0.6 is 0 Å². The molecule has 0 aromatic heterocycles. The molecule has 0 aliphatic rings. The molecule has 0 radical (unpaired) electrons. The van der Waals surface area contributed by atoms with Crippen molar-refractivity contribution in [1.29, 1.82) is 0 Å². The summed E-state index contributed by atoms with van der Waals surface area (Å²) in [6.07, 6.45) is 16.3. The van der Waals surface area contributed by atoms with Gasteiger partial charge in [0.2, 0.25) is 0 Å². The van der Waals surface area contributed by atoms with Gasteiger partial charge in [-0.05, 0) is 30.5 Å². The van der Waals surface area contributed by atoms with Crippen molar-refractivity contribution in [2.45, 2.75) is 64.7 Å². The van der Waals surface area contributed by atoms with Crippen molar-refractivity contribution in [3.05, 3.63) is 35.1 Å². The van der Waals surface area contributed by atoms with Crippen molar-refractivity contribution in [1.82, 2.24) is 0 Å². The molecule has 0 amide bonds. The van der Waals surface area contributed by atoms with Crippen LogP contribution in [0, 0.1) is 18.2 Å². The highest BCUT2D eigenvalue weighted by Gasteiger charge is 2.02. The molecule has 1 aromatic rings. The Morgan fingerprint density at radius 3 is 2.21 bits per heavy atom. The second-order valence-corrected chi connectivity index (χ2v) is 5.18. The lowest BCUT2D eigenvalue weighted by molar-refractivity contribution is 0.564. The van der Waals surface area contributed by atoms with Gasteiger partial charge >= 0.3 is 0 Å². The fraction of sp³-hybridized carbons (Fsp3) is 0.556. The van der Waals surface area contributed by atoms with E-state index in [1.165, 1.54) is 51.0 Å². The largest absolute Gasteiger partial charge is 0.207 e. The Balaban J connectivity index is 2.14. The number of unbranched alkanes of at least 4 members (excludes halogenated alkanes) is 7. The lowest BCUT2D eigenvalue weighted by Gasteiger charge is -2.04. The summed E-state index contributed by atoms with van der Waals surface area (Å²) in [5.41, 5.74) is 1.42. The predicted molar refractivity (Wildman–Crippen MR) is 80.6 cm³/mol. The van der Waals surface area contributed by atoms with Crippen LogP contribution in [-0.4, -0.2) is 0 Å². The maximum absolute atomic E-state index is 13.7. The van der Waals surface area contributed by atoms with Gasteiger partial charge in [0.1, 0.15) is 5.82 Å². The van der Waals surface area contributed by atoms with Crippen molar-refractivity contribution in [3.8, 4) is 12.3 Å². The normalized spacial score (nSPS) is 10.4. The van der Waals surface area contributed by atoms with Gasteiger partial charge in [0.05, 0.1) is 0 Å². The van der Waals surface area contributed by atoms with Gasteiger partial charge in [-0.25, -0.2) is 4.39 Å². The van der Waals surface area contributed by atoms with E-state index in [0.29, 0.717) is 5.56 Å². The van der Waals surface area contributed by atoms with Crippen molar-refractivity contribution in [2.75, 3.05) is 0 Å². The van der Waals surface area contributed by atoms with Crippen LogP contribution in [-0.2, 0) is 6.42 Å². The zero-order valence-corrected chi connectivity index (χ0v) is 12.1. The molecule has 1 rings (SSSR count). The molecule has 0 N–H and O–H groups in total. The molecule has 1 heteroatoms. The van der Waals surface area contributed by atoms with Crippen LogP contribution in [0.1, 0.15) is 69.4 Å². The number of halogens is 1. The van der Waals surface area contributed by atoms with Gasteiger partial charge in [-0.15, -0.1) is 6.42 Å². The molecule has 1 aromatic carbocycles. The van der Waals surface area contributed by atoms with Crippen LogP contribution in [0.25, 0.3) is 0 Å². The molecule has 104 valence electrons. The zero-order chi connectivity index (χ0) is 13.9. The predicted octanol–water partition coefficient (Wildman–Crippen LogP) is 5.49. The monoisotopic (exact) mass is 260 g/mol. The first-order valence-electron chi connectivity index (χ1n) is 7.53. The molecule has 0 bridgehead atoms. The van der Waals surface area contributed by atoms with Crippen LogP contribution in [0.3, 0.4) is 0 Å². The summed E-state index contributed by atoms with van der Waals surface area (Å²) in [6, 6.07) is 5.11. The third-order valence-electron chi connectivity index (χ3n) is 3.52. The standard InChI is InChI=1S/C18H25F/c1-3-5-6-7-8-9-10-11-12-17-14-13-16(4-2)15-18(17)19/h2,13-15H,3,5-12H2,1H3. The number of terminal acetylenes is 1. The van der Waals surface area contributed by atoms with Crippen molar-refractivity contribution < 1.29 is 4.39 Å². The molecular weight excluding hydrogens is 235 g/mol. The fourth-order valence-corrected chi connectivity index (χ4v) is 2.29. The van der Waals surface area contributed by atoms with Crippen LogP contribution in [0.15, 0.2) is 18.2 Å². The number of rotatable bonds is 9. The average Bonchev–Trinajstić information content (AvgIpc) is 2.43. The van der Waals surface area contributed by atoms with Gasteiger partial charge < -0.3 is 0 Å². The van der Waals surface area contributed by atoms with E-state index >= 15 is 0 Å². The Morgan fingerprint density at radius 1 is 1.00 bits per heavy atom. The SMILES string of the molecule is C#Cc1ccc(CCCCCCCCCC)c(F)c1. The molecule has 0 atom stereocenters. The Bertz CT molecular complexity index is 401. The highest BCUT2D eigenvalue weighted by molar-refractivity contribution is 5.35. The van der Waals surface area contributed by atoms with Crippen LogP contribution in [0.5, 0.6) is 0 Å². The van der Waals surface area contributed by atoms with Crippen molar-refractivity contribution in [3.63, 3.8) is 0 Å². The van der Waals surface area contributed by atoms with E-state index in [1.54, 1.807) is 0 Å². The second-order valence-electron chi connectivity index (χ2n) is 5.18. The highest BCUT2D eigenvalue weighted by atomic mass is 19.1. The Morgan fingerprint density at radius 2 is 1.63 bits per heavy atom. The maximum atomic E-state index is 13.7. The van der Waals surface area contributed by atoms with Gasteiger partial charge in [-0.3, -0.25) is 0 Å². The lowest BCUT2D eigenvalue weighted by atomic mass is 10.0. The minimum absolute atomic E-state index is 0.154. The third-order valence-corrected chi connectivity index (χ3v) is 3.52. The van der Waals surface area contributed by atoms with E-state index in [0.717, 1.165) is 18.4 Å². The minimum Gasteiger partial charge on any atom is -0.207 e. The van der Waals surface area contributed by atoms with E-state index < -0.39 is 0 Å². The molecular formula is C18H25F. The summed E-state index contributed by atoms with van der Waals surface area (Å²) in [4.78, 5) is 0. The molecule has 0 saturated carbocycles. The first kappa shape index (κ1) is 15.8. The second kappa shape index (κ2) is 9.62. The van der Waals surface area contributed by atoms with E-state index in [-0.39, 0.29) is 5.82 Å². The van der Waals surface area contributed by atoms with Gasteiger partial charge in [-0.2, -0.15) is 0 Å². The maximum Gasteiger partial charge on any atom is 0.127 e. The van der Waals surface area contributed by atoms with Gasteiger partial charge in [-0.1, -0.05) is 63.9 Å². The molecule has 19 heavy (non-hydrogen) atoms. The van der Waals surface area contributed by atoms with Crippen molar-refractivity contribution in [2.24, 2.45) is 0 Å². The smallest absolute Gasteiger partial charge is 0.127 e. The molecule has 0 aliphatic heterocycles. The highest BCUT2D eigenvalue weighted by Crippen LogP contribution is 2.15. The zero-order valence-electron chi connectivity index (χ0n) is 12.1. The van der Waals surface area contributed by atoms with Crippen LogP contribution in [0.2, 0.25) is 0 Å². The summed E-state index contributed by atoms with van der Waals surface area (Å²) < 4.78 is 13.7. The van der Waals surface area contributed by atoms with E-state index in [4.69, 9.17) is 6.42 Å². The summed E-state index contributed by atoms with van der Waals surface area (Å²) in [5, 5.41) is 0. The first-order chi connectivity index (χ1) is 9.27. The summed E-state index contributed by atoms with van der Waals surface area (Å²) in [6.45, 7) is 2.24. The Labute approximate surface area is 117 Å². The minimum atomic E-state index is -0.154. The summed E-state index contributed by atoms with van der Waals surface area (Å²) in [7, 11) is 0. The van der Waals surface area contributed by atoms with Crippen LogP contribution < -0.4 is 0 Å². The molecule has 0 fully saturated rings. The first-order valence-corrected chi connectivity index (χ1v) is 7.53.